The minimum atomic E-state index is 0.750. The van der Waals surface area contributed by atoms with E-state index in [4.69, 9.17) is 20.4 Å². The van der Waals surface area contributed by atoms with Gasteiger partial charge in [0, 0.05) is 20.2 Å². The van der Waals surface area contributed by atoms with Crippen molar-refractivity contribution < 1.29 is 9.59 Å². The lowest BCUT2D eigenvalue weighted by molar-refractivity contribution is 0.562. The highest BCUT2D eigenvalue weighted by molar-refractivity contribution is 7.25. The van der Waals surface area contributed by atoms with Crippen LogP contribution in [0.1, 0.15) is 0 Å². The first kappa shape index (κ1) is 14.5. The summed E-state index contributed by atoms with van der Waals surface area (Å²) in [4.78, 5) is 16.7. The third-order valence-corrected chi connectivity index (χ3v) is 3.44. The summed E-state index contributed by atoms with van der Waals surface area (Å²) in [6.07, 6.45) is 1.50. The van der Waals surface area contributed by atoms with Crippen molar-refractivity contribution in [3.63, 3.8) is 0 Å². The predicted octanol–water partition coefficient (Wildman–Crippen LogP) is 3.86. The Morgan fingerprint density at radius 1 is 0.737 bits per heavy atom. The summed E-state index contributed by atoms with van der Waals surface area (Å²) in [5, 5.41) is 13.6. The van der Waals surface area contributed by atoms with Gasteiger partial charge in [0.25, 0.3) is 0 Å². The molecule has 0 spiro atoms. The predicted molar refractivity (Wildman–Crippen MR) is 76.2 cm³/mol. The number of fused-ring (bicyclic) bond motifs is 3. The summed E-state index contributed by atoms with van der Waals surface area (Å²) in [5.41, 5.74) is 0. The number of nitrogens with one attached hydrogen (secondary N) is 2. The summed E-state index contributed by atoms with van der Waals surface area (Å²) < 4.78 is 2.76. The van der Waals surface area contributed by atoms with Crippen LogP contribution in [0.15, 0.2) is 48.5 Å². The first-order valence-corrected chi connectivity index (χ1v) is 6.04. The second-order valence-corrected chi connectivity index (χ2v) is 4.38. The van der Waals surface area contributed by atoms with Crippen LogP contribution in [0.3, 0.4) is 0 Å². The Bertz CT molecular complexity index is 675. The van der Waals surface area contributed by atoms with Crippen molar-refractivity contribution in [2.24, 2.45) is 0 Å². The fourth-order valence-corrected chi connectivity index (χ4v) is 2.78. The second kappa shape index (κ2) is 7.69. The van der Waals surface area contributed by atoms with E-state index in [1.165, 1.54) is 20.2 Å². The van der Waals surface area contributed by atoms with Crippen LogP contribution in [-0.2, 0) is 9.59 Å². The van der Waals surface area contributed by atoms with Crippen LogP contribution in [0.5, 0.6) is 0 Å². The maximum absolute atomic E-state index is 8.35. The zero-order valence-electron chi connectivity index (χ0n) is 9.84. The third-order valence-electron chi connectivity index (χ3n) is 2.28. The average Bonchev–Trinajstić information content (AvgIpc) is 2.79. The maximum atomic E-state index is 8.35. The van der Waals surface area contributed by atoms with Gasteiger partial charge in [-0.15, -0.1) is 11.3 Å². The Balaban J connectivity index is 0.000000261. The molecule has 0 saturated carbocycles. The van der Waals surface area contributed by atoms with E-state index in [1.807, 2.05) is 11.3 Å². The molecule has 0 unspecified atom stereocenters. The molecule has 3 aromatic rings. The smallest absolute Gasteiger partial charge is 0.222 e. The molecule has 94 valence electrons. The number of carbonyl (C=O) groups excluding carboxylic acids is 2. The fraction of sp³-hybridized carbons (Fsp3) is 0. The average molecular weight is 270 g/mol. The van der Waals surface area contributed by atoms with Gasteiger partial charge >= 0.3 is 0 Å². The molecule has 5 heteroatoms. The number of thiophene rings is 1. The van der Waals surface area contributed by atoms with E-state index in [0.29, 0.717) is 0 Å². The minimum absolute atomic E-state index is 0.750. The molecule has 0 fully saturated rings. The Kier molecular flexibility index (Phi) is 5.86. The number of rotatable bonds is 0. The van der Waals surface area contributed by atoms with Crippen molar-refractivity contribution in [2.75, 3.05) is 0 Å². The lowest BCUT2D eigenvalue weighted by Crippen LogP contribution is -1.62. The summed E-state index contributed by atoms with van der Waals surface area (Å²) in [5.74, 6) is 0. The molecule has 2 N–H and O–H groups in total. The molecule has 0 saturated heterocycles. The normalized spacial score (nSPS) is 8.42. The zero-order chi connectivity index (χ0) is 14.1. The first-order chi connectivity index (χ1) is 9.28. The lowest BCUT2D eigenvalue weighted by atomic mass is 10.2. The molecule has 3 rings (SSSR count). The van der Waals surface area contributed by atoms with Crippen molar-refractivity contribution >= 4 is 43.7 Å². The van der Waals surface area contributed by atoms with E-state index in [9.17, 15) is 0 Å². The molecule has 1 aromatic heterocycles. The van der Waals surface area contributed by atoms with E-state index in [0.717, 1.165) is 12.2 Å². The van der Waals surface area contributed by atoms with Crippen LogP contribution in [0.25, 0.3) is 20.2 Å². The van der Waals surface area contributed by atoms with Crippen molar-refractivity contribution in [1.29, 1.82) is 10.8 Å². The van der Waals surface area contributed by atoms with Crippen LogP contribution in [0, 0.1) is 10.8 Å². The minimum Gasteiger partial charge on any atom is -0.222 e. The number of benzene rings is 2. The molecule has 2 aromatic carbocycles. The van der Waals surface area contributed by atoms with Crippen LogP contribution in [0.4, 0.5) is 0 Å². The quantitative estimate of drug-likeness (QED) is 0.480. The molecule has 0 aliphatic rings. The molecule has 0 atom stereocenters. The number of hydrogen-bond donors (Lipinski definition) is 2. The maximum Gasteiger partial charge on any atom is 0.231 e. The summed E-state index contributed by atoms with van der Waals surface area (Å²) in [6, 6.07) is 17.1. The van der Waals surface area contributed by atoms with Gasteiger partial charge in [0.05, 0.1) is 0 Å². The Morgan fingerprint density at radius 3 is 1.42 bits per heavy atom. The van der Waals surface area contributed by atoms with Crippen molar-refractivity contribution in [1.82, 2.24) is 0 Å². The van der Waals surface area contributed by atoms with Crippen molar-refractivity contribution in [3.8, 4) is 0 Å². The molecule has 0 amide bonds. The molecule has 4 nitrogen and oxygen atoms in total. The van der Waals surface area contributed by atoms with Gasteiger partial charge < -0.3 is 0 Å². The van der Waals surface area contributed by atoms with Gasteiger partial charge in [-0.05, 0) is 12.1 Å². The molecule has 1 heterocycles. The van der Waals surface area contributed by atoms with Crippen molar-refractivity contribution in [2.45, 2.75) is 0 Å². The highest BCUT2D eigenvalue weighted by atomic mass is 32.1. The number of isocyanates is 2. The highest BCUT2D eigenvalue weighted by Gasteiger charge is 2.01. The van der Waals surface area contributed by atoms with E-state index in [-0.39, 0.29) is 0 Å². The van der Waals surface area contributed by atoms with E-state index in [1.54, 1.807) is 0 Å². The Hall–Kier alpha value is -2.58. The van der Waals surface area contributed by atoms with E-state index >= 15 is 0 Å². The fourth-order valence-electron chi connectivity index (χ4n) is 1.67. The third kappa shape index (κ3) is 3.69. The molecular weight excluding hydrogens is 260 g/mol. The van der Waals surface area contributed by atoms with Crippen LogP contribution in [-0.4, -0.2) is 12.2 Å². The van der Waals surface area contributed by atoms with Gasteiger partial charge in [-0.2, -0.15) is 0 Å². The Morgan fingerprint density at radius 2 is 1.05 bits per heavy atom. The summed E-state index contributed by atoms with van der Waals surface area (Å²) >= 11 is 1.86. The van der Waals surface area contributed by atoms with Crippen LogP contribution >= 0.6 is 11.3 Å². The SMILES string of the molecule is N=C=O.N=C=O.c1ccc2c(c1)sc1ccccc12. The molecule has 0 aliphatic heterocycles. The molecule has 0 bridgehead atoms. The largest absolute Gasteiger partial charge is 0.231 e. The van der Waals surface area contributed by atoms with E-state index < -0.39 is 0 Å². The lowest BCUT2D eigenvalue weighted by Gasteiger charge is -1.88. The molecule has 0 aliphatic carbocycles. The van der Waals surface area contributed by atoms with Gasteiger partial charge in [0.1, 0.15) is 0 Å². The van der Waals surface area contributed by atoms with Crippen molar-refractivity contribution in [3.05, 3.63) is 48.5 Å². The monoisotopic (exact) mass is 270 g/mol. The summed E-state index contributed by atoms with van der Waals surface area (Å²) in [6.45, 7) is 0. The standard InChI is InChI=1S/C12H8S.2CHNO/c1-3-7-11-9(5-1)10-6-2-4-8-12(10)13-11;2*2-1-3/h1-8H;2*2H. The first-order valence-electron chi connectivity index (χ1n) is 5.22. The Labute approximate surface area is 113 Å². The zero-order valence-corrected chi connectivity index (χ0v) is 10.7. The van der Waals surface area contributed by atoms with Gasteiger partial charge in [-0.1, -0.05) is 36.4 Å². The summed E-state index contributed by atoms with van der Waals surface area (Å²) in [7, 11) is 0. The topological polar surface area (TPSA) is 81.8 Å². The molecule has 0 radical (unpaired) electrons. The van der Waals surface area contributed by atoms with E-state index in [2.05, 4.69) is 48.5 Å². The van der Waals surface area contributed by atoms with Crippen LogP contribution < -0.4 is 0 Å². The molecule has 19 heavy (non-hydrogen) atoms. The van der Waals surface area contributed by atoms with Gasteiger partial charge in [-0.3, -0.25) is 0 Å². The van der Waals surface area contributed by atoms with Gasteiger partial charge in [0.15, 0.2) is 0 Å². The highest BCUT2D eigenvalue weighted by Crippen LogP contribution is 2.32. The van der Waals surface area contributed by atoms with Gasteiger partial charge in [-0.25, -0.2) is 20.4 Å². The molecular formula is C14H10N2O2S. The van der Waals surface area contributed by atoms with Gasteiger partial charge in [0.2, 0.25) is 12.2 Å². The van der Waals surface area contributed by atoms with Crippen LogP contribution in [0.2, 0.25) is 0 Å². The second-order valence-electron chi connectivity index (χ2n) is 3.30. The number of hydrogen-bond acceptors (Lipinski definition) is 5.